The zero-order valence-electron chi connectivity index (χ0n) is 7.81. The van der Waals surface area contributed by atoms with Crippen molar-refractivity contribution in [3.8, 4) is 0 Å². The third-order valence-electron chi connectivity index (χ3n) is 2.69. The zero-order chi connectivity index (χ0) is 9.42. The van der Waals surface area contributed by atoms with Gasteiger partial charge in [0.15, 0.2) is 0 Å². The number of rotatable bonds is 0. The van der Waals surface area contributed by atoms with Gasteiger partial charge in [-0.3, -0.25) is 0 Å². The van der Waals surface area contributed by atoms with Gasteiger partial charge in [-0.25, -0.2) is 0 Å². The van der Waals surface area contributed by atoms with Crippen molar-refractivity contribution in [1.29, 1.82) is 0 Å². The van der Waals surface area contributed by atoms with E-state index >= 15 is 0 Å². The van der Waals surface area contributed by atoms with Crippen LogP contribution in [0.15, 0.2) is 16.6 Å². The Bertz CT molecular complexity index is 333. The van der Waals surface area contributed by atoms with Crippen LogP contribution < -0.4 is 5.73 Å². The van der Waals surface area contributed by atoms with E-state index in [-0.39, 0.29) is 6.04 Å². The van der Waals surface area contributed by atoms with Gasteiger partial charge in [0.05, 0.1) is 0 Å². The molecule has 0 aliphatic heterocycles. The Labute approximate surface area is 87.5 Å². The minimum atomic E-state index is 0.235. The molecule has 1 aromatic rings. The second-order valence-corrected chi connectivity index (χ2v) is 4.67. The highest BCUT2D eigenvalue weighted by Gasteiger charge is 2.19. The smallest absolute Gasteiger partial charge is 0.0308 e. The van der Waals surface area contributed by atoms with Crippen LogP contribution in [-0.4, -0.2) is 0 Å². The minimum absolute atomic E-state index is 0.235. The molecule has 2 N–H and O–H groups in total. The lowest BCUT2D eigenvalue weighted by Crippen LogP contribution is -2.18. The molecule has 2 rings (SSSR count). The van der Waals surface area contributed by atoms with Crippen LogP contribution in [0.25, 0.3) is 0 Å². The van der Waals surface area contributed by atoms with E-state index in [1.54, 1.807) is 0 Å². The first-order valence-corrected chi connectivity index (χ1v) is 5.52. The fraction of sp³-hybridized carbons (Fsp3) is 0.455. The second kappa shape index (κ2) is 3.43. The lowest BCUT2D eigenvalue weighted by molar-refractivity contribution is 0.568. The first-order valence-electron chi connectivity index (χ1n) is 4.73. The third kappa shape index (κ3) is 1.65. The van der Waals surface area contributed by atoms with Crippen molar-refractivity contribution in [2.75, 3.05) is 0 Å². The van der Waals surface area contributed by atoms with E-state index in [9.17, 15) is 0 Å². The van der Waals surface area contributed by atoms with Gasteiger partial charge in [0.1, 0.15) is 0 Å². The van der Waals surface area contributed by atoms with Crippen LogP contribution in [0.2, 0.25) is 0 Å². The van der Waals surface area contributed by atoms with Crippen LogP contribution in [0.5, 0.6) is 0 Å². The molecule has 1 aliphatic carbocycles. The van der Waals surface area contributed by atoms with Gasteiger partial charge in [0.25, 0.3) is 0 Å². The van der Waals surface area contributed by atoms with Crippen LogP contribution in [-0.2, 0) is 6.42 Å². The number of nitrogens with two attached hydrogens (primary N) is 1. The van der Waals surface area contributed by atoms with Crippen molar-refractivity contribution >= 4 is 15.9 Å². The van der Waals surface area contributed by atoms with Crippen LogP contribution in [0.3, 0.4) is 0 Å². The highest BCUT2D eigenvalue weighted by Crippen LogP contribution is 2.34. The molecule has 0 heterocycles. The molecule has 0 amide bonds. The highest BCUT2D eigenvalue weighted by atomic mass is 79.9. The zero-order valence-corrected chi connectivity index (χ0v) is 9.39. The molecule has 1 aromatic carbocycles. The number of fused-ring (bicyclic) bond motifs is 1. The van der Waals surface area contributed by atoms with E-state index in [4.69, 9.17) is 5.73 Å². The minimum Gasteiger partial charge on any atom is -0.324 e. The Balaban J connectivity index is 2.56. The first-order chi connectivity index (χ1) is 6.18. The highest BCUT2D eigenvalue weighted by molar-refractivity contribution is 9.10. The number of hydrogen-bond acceptors (Lipinski definition) is 1. The molecule has 1 aliphatic rings. The summed E-state index contributed by atoms with van der Waals surface area (Å²) in [7, 11) is 0. The molecular formula is C11H14BrN. The van der Waals surface area contributed by atoms with Crippen LogP contribution in [0, 0.1) is 6.92 Å². The summed E-state index contributed by atoms with van der Waals surface area (Å²) in [5.74, 6) is 0. The fourth-order valence-corrected chi connectivity index (χ4v) is 3.01. The molecule has 13 heavy (non-hydrogen) atoms. The molecule has 70 valence electrons. The van der Waals surface area contributed by atoms with Gasteiger partial charge in [-0.15, -0.1) is 0 Å². The maximum Gasteiger partial charge on any atom is 0.0308 e. The Morgan fingerprint density at radius 2 is 2.23 bits per heavy atom. The van der Waals surface area contributed by atoms with Gasteiger partial charge in [-0.1, -0.05) is 22.0 Å². The standard InChI is InChI=1S/C11H14BrN/c1-7-5-8-3-2-4-10(13)11(8)9(12)6-7/h5-6,10H,2-4,13H2,1H3/t10-/m1/s1. The summed E-state index contributed by atoms with van der Waals surface area (Å²) in [6, 6.07) is 4.65. The summed E-state index contributed by atoms with van der Waals surface area (Å²) in [6.07, 6.45) is 3.53. The largest absolute Gasteiger partial charge is 0.324 e. The molecule has 2 heteroatoms. The van der Waals surface area contributed by atoms with E-state index in [1.165, 1.54) is 34.0 Å². The average molecular weight is 240 g/mol. The summed E-state index contributed by atoms with van der Waals surface area (Å²) >= 11 is 3.59. The second-order valence-electron chi connectivity index (χ2n) is 3.82. The molecule has 0 fully saturated rings. The molecule has 0 aromatic heterocycles. The van der Waals surface area contributed by atoms with Gasteiger partial charge in [0.2, 0.25) is 0 Å². The maximum atomic E-state index is 6.07. The molecular weight excluding hydrogens is 226 g/mol. The Morgan fingerprint density at radius 3 is 3.00 bits per heavy atom. The molecule has 1 nitrogen and oxygen atoms in total. The summed E-state index contributed by atoms with van der Waals surface area (Å²) in [5, 5.41) is 0. The summed E-state index contributed by atoms with van der Waals surface area (Å²) in [4.78, 5) is 0. The van der Waals surface area contributed by atoms with E-state index < -0.39 is 0 Å². The normalized spacial score (nSPS) is 21.3. The van der Waals surface area contributed by atoms with Crippen molar-refractivity contribution in [2.24, 2.45) is 5.73 Å². The summed E-state index contributed by atoms with van der Waals surface area (Å²) < 4.78 is 1.19. The quantitative estimate of drug-likeness (QED) is 0.740. The Morgan fingerprint density at radius 1 is 1.46 bits per heavy atom. The van der Waals surface area contributed by atoms with Crippen molar-refractivity contribution < 1.29 is 0 Å². The summed E-state index contributed by atoms with van der Waals surface area (Å²) in [6.45, 7) is 2.13. The van der Waals surface area contributed by atoms with Crippen LogP contribution in [0.4, 0.5) is 0 Å². The number of aryl methyl sites for hydroxylation is 2. The van der Waals surface area contributed by atoms with E-state index in [0.29, 0.717) is 0 Å². The van der Waals surface area contributed by atoms with Gasteiger partial charge in [0, 0.05) is 10.5 Å². The van der Waals surface area contributed by atoms with Crippen molar-refractivity contribution in [2.45, 2.75) is 32.2 Å². The first kappa shape index (κ1) is 9.22. The van der Waals surface area contributed by atoms with Crippen molar-refractivity contribution in [3.63, 3.8) is 0 Å². The Hall–Kier alpha value is -0.340. The fourth-order valence-electron chi connectivity index (χ4n) is 2.10. The average Bonchev–Trinajstić information content (AvgIpc) is 2.02. The van der Waals surface area contributed by atoms with Gasteiger partial charge in [-0.05, 0) is 48.9 Å². The maximum absolute atomic E-state index is 6.07. The SMILES string of the molecule is Cc1cc(Br)c2c(c1)CCC[C@H]2N. The third-order valence-corrected chi connectivity index (χ3v) is 3.35. The molecule has 0 saturated heterocycles. The molecule has 0 spiro atoms. The van der Waals surface area contributed by atoms with E-state index in [2.05, 4.69) is 35.0 Å². The summed E-state index contributed by atoms with van der Waals surface area (Å²) in [5.41, 5.74) is 10.2. The van der Waals surface area contributed by atoms with Crippen molar-refractivity contribution in [1.82, 2.24) is 0 Å². The number of benzene rings is 1. The Kier molecular flexibility index (Phi) is 2.43. The number of hydrogen-bond donors (Lipinski definition) is 1. The van der Waals surface area contributed by atoms with Crippen molar-refractivity contribution in [3.05, 3.63) is 33.3 Å². The predicted molar refractivity (Wildman–Crippen MR) is 58.7 cm³/mol. The van der Waals surface area contributed by atoms with Gasteiger partial charge >= 0.3 is 0 Å². The van der Waals surface area contributed by atoms with Gasteiger partial charge < -0.3 is 5.73 Å². The molecule has 0 bridgehead atoms. The molecule has 0 unspecified atom stereocenters. The van der Waals surface area contributed by atoms with E-state index in [1.807, 2.05) is 0 Å². The molecule has 0 saturated carbocycles. The van der Waals surface area contributed by atoms with Crippen LogP contribution in [0.1, 0.15) is 35.6 Å². The predicted octanol–water partition coefficient (Wildman–Crippen LogP) is 3.09. The monoisotopic (exact) mass is 239 g/mol. The number of halogens is 1. The van der Waals surface area contributed by atoms with Crippen LogP contribution >= 0.6 is 15.9 Å². The lowest BCUT2D eigenvalue weighted by Gasteiger charge is -2.24. The topological polar surface area (TPSA) is 26.0 Å². The lowest BCUT2D eigenvalue weighted by atomic mass is 9.87. The molecule has 0 radical (unpaired) electrons. The molecule has 1 atom stereocenters. The van der Waals surface area contributed by atoms with Gasteiger partial charge in [-0.2, -0.15) is 0 Å². The van der Waals surface area contributed by atoms with E-state index in [0.717, 1.165) is 6.42 Å².